The highest BCUT2D eigenvalue weighted by Gasteiger charge is 2.16. The third-order valence-electron chi connectivity index (χ3n) is 2.79. The maximum Gasteiger partial charge on any atom is 0.181 e. The average molecular weight is 240 g/mol. The zero-order chi connectivity index (χ0) is 13.0. The van der Waals surface area contributed by atoms with Crippen LogP contribution in [-0.4, -0.2) is 16.8 Å². The van der Waals surface area contributed by atoms with Gasteiger partial charge < -0.3 is 5.73 Å². The number of carbonyl (C=O) groups is 1. The number of pyridine rings is 1. The van der Waals surface area contributed by atoms with E-state index < -0.39 is 6.04 Å². The van der Waals surface area contributed by atoms with Gasteiger partial charge in [-0.05, 0) is 30.5 Å². The first-order valence-corrected chi connectivity index (χ1v) is 5.92. The molecule has 92 valence electrons. The summed E-state index contributed by atoms with van der Waals surface area (Å²) in [6.45, 7) is 1.91. The monoisotopic (exact) mass is 240 g/mol. The third-order valence-corrected chi connectivity index (χ3v) is 2.79. The molecule has 0 amide bonds. The summed E-state index contributed by atoms with van der Waals surface area (Å²) in [4.78, 5) is 16.2. The van der Waals surface area contributed by atoms with E-state index in [-0.39, 0.29) is 5.78 Å². The van der Waals surface area contributed by atoms with Crippen molar-refractivity contribution < 1.29 is 4.79 Å². The lowest BCUT2D eigenvalue weighted by molar-refractivity contribution is 0.0960. The molecule has 2 N–H and O–H groups in total. The zero-order valence-corrected chi connectivity index (χ0v) is 10.3. The van der Waals surface area contributed by atoms with Crippen LogP contribution < -0.4 is 5.73 Å². The molecule has 1 atom stereocenters. The second-order valence-corrected chi connectivity index (χ2v) is 4.41. The van der Waals surface area contributed by atoms with Gasteiger partial charge in [0, 0.05) is 18.0 Å². The molecule has 2 rings (SSSR count). The molecule has 2 aromatic rings. The van der Waals surface area contributed by atoms with Gasteiger partial charge in [-0.15, -0.1) is 0 Å². The van der Waals surface area contributed by atoms with Crippen LogP contribution in [0.25, 0.3) is 0 Å². The van der Waals surface area contributed by atoms with Crippen molar-refractivity contribution in [2.24, 2.45) is 5.73 Å². The molecular formula is C15H16N2O. The molecule has 0 fully saturated rings. The van der Waals surface area contributed by atoms with Crippen molar-refractivity contribution in [1.82, 2.24) is 4.98 Å². The molecule has 1 aromatic heterocycles. The van der Waals surface area contributed by atoms with E-state index in [4.69, 9.17) is 5.73 Å². The van der Waals surface area contributed by atoms with E-state index in [1.54, 1.807) is 12.4 Å². The van der Waals surface area contributed by atoms with Crippen LogP contribution in [0.2, 0.25) is 0 Å². The smallest absolute Gasteiger partial charge is 0.181 e. The first-order chi connectivity index (χ1) is 8.66. The lowest BCUT2D eigenvalue weighted by Crippen LogP contribution is -2.32. The van der Waals surface area contributed by atoms with Crippen molar-refractivity contribution in [3.63, 3.8) is 0 Å². The maximum absolute atomic E-state index is 12.1. The number of hydrogen-bond donors (Lipinski definition) is 1. The van der Waals surface area contributed by atoms with Crippen molar-refractivity contribution in [3.8, 4) is 0 Å². The van der Waals surface area contributed by atoms with Gasteiger partial charge in [0.25, 0.3) is 0 Å². The third kappa shape index (κ3) is 3.02. The molecule has 0 aliphatic rings. The lowest BCUT2D eigenvalue weighted by Gasteiger charge is -2.10. The van der Waals surface area contributed by atoms with Gasteiger partial charge in [-0.1, -0.05) is 30.3 Å². The number of aromatic nitrogens is 1. The van der Waals surface area contributed by atoms with Crippen molar-refractivity contribution >= 4 is 5.78 Å². The molecule has 0 aliphatic heterocycles. The Kier molecular flexibility index (Phi) is 3.85. The lowest BCUT2D eigenvalue weighted by atomic mass is 9.99. The molecule has 3 heteroatoms. The van der Waals surface area contributed by atoms with E-state index in [2.05, 4.69) is 4.98 Å². The van der Waals surface area contributed by atoms with Crippen LogP contribution in [0.4, 0.5) is 0 Å². The predicted molar refractivity (Wildman–Crippen MR) is 71.4 cm³/mol. The minimum atomic E-state index is -0.518. The Labute approximate surface area is 107 Å². The van der Waals surface area contributed by atoms with Crippen LogP contribution in [0.3, 0.4) is 0 Å². The van der Waals surface area contributed by atoms with E-state index >= 15 is 0 Å². The summed E-state index contributed by atoms with van der Waals surface area (Å²) in [6.07, 6.45) is 3.84. The topological polar surface area (TPSA) is 56.0 Å². The molecule has 1 heterocycles. The van der Waals surface area contributed by atoms with Gasteiger partial charge in [0.05, 0.1) is 6.04 Å². The van der Waals surface area contributed by atoms with Crippen LogP contribution in [-0.2, 0) is 6.42 Å². The fourth-order valence-corrected chi connectivity index (χ4v) is 1.86. The van der Waals surface area contributed by atoms with Gasteiger partial charge >= 0.3 is 0 Å². The minimum absolute atomic E-state index is 0.0601. The SMILES string of the molecule is Cc1cncc(C(=O)C(N)Cc2ccccc2)c1. The number of rotatable bonds is 4. The molecule has 1 unspecified atom stereocenters. The first kappa shape index (κ1) is 12.5. The number of benzene rings is 1. The molecule has 1 aromatic carbocycles. The zero-order valence-electron chi connectivity index (χ0n) is 10.3. The van der Waals surface area contributed by atoms with Gasteiger partial charge in [-0.3, -0.25) is 9.78 Å². The second kappa shape index (κ2) is 5.56. The number of Topliss-reactive ketones (excluding diaryl/α,β-unsaturated/α-hetero) is 1. The molecule has 3 nitrogen and oxygen atoms in total. The number of nitrogens with zero attached hydrogens (tertiary/aromatic N) is 1. The van der Waals surface area contributed by atoms with Crippen LogP contribution in [0.15, 0.2) is 48.8 Å². The Morgan fingerprint density at radius 1 is 1.28 bits per heavy atom. The average Bonchev–Trinajstić information content (AvgIpc) is 2.39. The van der Waals surface area contributed by atoms with Crippen LogP contribution in [0.5, 0.6) is 0 Å². The summed E-state index contributed by atoms with van der Waals surface area (Å²) >= 11 is 0. The molecule has 0 bridgehead atoms. The summed E-state index contributed by atoms with van der Waals surface area (Å²) in [5.74, 6) is -0.0601. The maximum atomic E-state index is 12.1. The predicted octanol–water partition coefficient (Wildman–Crippen LogP) is 2.14. The molecule has 0 aliphatic carbocycles. The van der Waals surface area contributed by atoms with Gasteiger partial charge in [0.1, 0.15) is 0 Å². The fourth-order valence-electron chi connectivity index (χ4n) is 1.86. The Bertz CT molecular complexity index is 537. The summed E-state index contributed by atoms with van der Waals surface area (Å²) in [5.41, 5.74) is 8.57. The number of hydrogen-bond acceptors (Lipinski definition) is 3. The highest BCUT2D eigenvalue weighted by Crippen LogP contribution is 2.08. The van der Waals surface area contributed by atoms with E-state index in [9.17, 15) is 4.79 Å². The molecule has 0 radical (unpaired) electrons. The Hall–Kier alpha value is -2.00. The van der Waals surface area contributed by atoms with E-state index in [0.717, 1.165) is 11.1 Å². The van der Waals surface area contributed by atoms with Crippen molar-refractivity contribution in [2.45, 2.75) is 19.4 Å². The standard InChI is InChI=1S/C15H16N2O/c1-11-7-13(10-17-9-11)15(18)14(16)8-12-5-3-2-4-6-12/h2-7,9-10,14H,8,16H2,1H3. The van der Waals surface area contributed by atoms with Crippen LogP contribution >= 0.6 is 0 Å². The largest absolute Gasteiger partial charge is 0.321 e. The summed E-state index contributed by atoms with van der Waals surface area (Å²) in [6, 6.07) is 11.1. The van der Waals surface area contributed by atoms with Crippen LogP contribution in [0.1, 0.15) is 21.5 Å². The van der Waals surface area contributed by atoms with Crippen molar-refractivity contribution in [1.29, 1.82) is 0 Å². The normalized spacial score (nSPS) is 12.1. The summed E-state index contributed by atoms with van der Waals surface area (Å²) < 4.78 is 0. The van der Waals surface area contributed by atoms with Crippen molar-refractivity contribution in [3.05, 3.63) is 65.5 Å². The van der Waals surface area contributed by atoms with E-state index in [1.807, 2.05) is 43.3 Å². The second-order valence-electron chi connectivity index (χ2n) is 4.41. The minimum Gasteiger partial charge on any atom is -0.321 e. The Balaban J connectivity index is 2.10. The highest BCUT2D eigenvalue weighted by molar-refractivity contribution is 6.00. The quantitative estimate of drug-likeness (QED) is 0.833. The number of aryl methyl sites for hydroxylation is 1. The first-order valence-electron chi connectivity index (χ1n) is 5.92. The van der Waals surface area contributed by atoms with E-state index in [1.165, 1.54) is 0 Å². The Morgan fingerprint density at radius 3 is 2.67 bits per heavy atom. The van der Waals surface area contributed by atoms with Gasteiger partial charge in [0.15, 0.2) is 5.78 Å². The molecule has 18 heavy (non-hydrogen) atoms. The summed E-state index contributed by atoms with van der Waals surface area (Å²) in [5, 5.41) is 0. The summed E-state index contributed by atoms with van der Waals surface area (Å²) in [7, 11) is 0. The van der Waals surface area contributed by atoms with Crippen molar-refractivity contribution in [2.75, 3.05) is 0 Å². The molecule has 0 saturated heterocycles. The van der Waals surface area contributed by atoms with E-state index in [0.29, 0.717) is 12.0 Å². The van der Waals surface area contributed by atoms with Crippen LogP contribution in [0, 0.1) is 6.92 Å². The molecule has 0 spiro atoms. The highest BCUT2D eigenvalue weighted by atomic mass is 16.1. The Morgan fingerprint density at radius 2 is 2.00 bits per heavy atom. The molecular weight excluding hydrogens is 224 g/mol. The van der Waals surface area contributed by atoms with Gasteiger partial charge in [-0.25, -0.2) is 0 Å². The number of carbonyl (C=O) groups excluding carboxylic acids is 1. The number of ketones is 1. The van der Waals surface area contributed by atoms with Gasteiger partial charge in [0.2, 0.25) is 0 Å². The fraction of sp³-hybridized carbons (Fsp3) is 0.200. The van der Waals surface area contributed by atoms with Gasteiger partial charge in [-0.2, -0.15) is 0 Å². The molecule has 0 saturated carbocycles. The number of nitrogens with two attached hydrogens (primary N) is 1.